The molecule has 1 heterocycles. The van der Waals surface area contributed by atoms with Crippen molar-refractivity contribution in [3.05, 3.63) is 0 Å². The minimum Gasteiger partial charge on any atom is -0.481 e. The van der Waals surface area contributed by atoms with Crippen LogP contribution in [-0.4, -0.2) is 39.1 Å². The number of hydrogen-bond acceptors (Lipinski definition) is 5. The molecule has 0 spiro atoms. The van der Waals surface area contributed by atoms with E-state index in [0.717, 1.165) is 0 Å². The molecule has 0 atom stereocenters. The molecule has 0 bridgehead atoms. The van der Waals surface area contributed by atoms with E-state index >= 15 is 0 Å². The van der Waals surface area contributed by atoms with Crippen molar-refractivity contribution < 1.29 is 29.5 Å². The first-order valence-corrected chi connectivity index (χ1v) is 4.89. The van der Waals surface area contributed by atoms with E-state index in [1.54, 1.807) is 0 Å². The fourth-order valence-electron chi connectivity index (χ4n) is 0.979. The number of nitrogens with two attached hydrogens (primary N) is 1. The van der Waals surface area contributed by atoms with Crippen LogP contribution in [0.4, 0.5) is 0 Å². The summed E-state index contributed by atoms with van der Waals surface area (Å²) in [4.78, 5) is 40.3. The highest BCUT2D eigenvalue weighted by Gasteiger charge is 2.26. The first kappa shape index (κ1) is 15.0. The number of rotatable bonds is 4. The number of carboxylic acid groups (broad SMARTS) is 1. The SMILES string of the molecule is NC(=O)CCCC(=O)O.O=C1CCC(=O)N1O. The smallest absolute Gasteiger partial charge is 0.303 e. The average molecular weight is 246 g/mol. The van der Waals surface area contributed by atoms with Crippen LogP contribution in [0.25, 0.3) is 0 Å². The summed E-state index contributed by atoms with van der Waals surface area (Å²) in [7, 11) is 0. The second-order valence-electron chi connectivity index (χ2n) is 3.31. The number of carboxylic acids is 1. The van der Waals surface area contributed by atoms with Gasteiger partial charge in [-0.3, -0.25) is 24.4 Å². The molecule has 8 heteroatoms. The van der Waals surface area contributed by atoms with Gasteiger partial charge in [-0.15, -0.1) is 0 Å². The average Bonchev–Trinajstić information content (AvgIpc) is 2.49. The molecule has 17 heavy (non-hydrogen) atoms. The number of carbonyl (C=O) groups is 4. The molecule has 1 aliphatic heterocycles. The number of hydroxylamine groups is 2. The summed E-state index contributed by atoms with van der Waals surface area (Å²) in [6.07, 6.45) is 0.810. The molecule has 0 radical (unpaired) electrons. The summed E-state index contributed by atoms with van der Waals surface area (Å²) in [6.45, 7) is 0. The lowest BCUT2D eigenvalue weighted by Gasteiger charge is -1.98. The van der Waals surface area contributed by atoms with Crippen LogP contribution in [0.5, 0.6) is 0 Å². The van der Waals surface area contributed by atoms with Gasteiger partial charge in [-0.25, -0.2) is 0 Å². The predicted octanol–water partition coefficient (Wildman–Crippen LogP) is -0.749. The van der Waals surface area contributed by atoms with Gasteiger partial charge in [-0.05, 0) is 6.42 Å². The van der Waals surface area contributed by atoms with Gasteiger partial charge < -0.3 is 10.8 Å². The molecule has 0 saturated carbocycles. The van der Waals surface area contributed by atoms with Crippen molar-refractivity contribution in [2.75, 3.05) is 0 Å². The van der Waals surface area contributed by atoms with Crippen molar-refractivity contribution in [3.8, 4) is 0 Å². The molecule has 1 rings (SSSR count). The molecule has 8 nitrogen and oxygen atoms in total. The molecule has 1 aliphatic rings. The molecule has 0 aromatic carbocycles. The molecular formula is C9H14N2O6. The molecule has 0 unspecified atom stereocenters. The Bertz CT molecular complexity index is 297. The molecule has 0 aromatic heterocycles. The summed E-state index contributed by atoms with van der Waals surface area (Å²) >= 11 is 0. The first-order valence-electron chi connectivity index (χ1n) is 4.89. The Kier molecular flexibility index (Phi) is 6.49. The minimum atomic E-state index is -0.892. The maximum atomic E-state index is 10.2. The highest BCUT2D eigenvalue weighted by molar-refractivity contribution is 6.00. The van der Waals surface area contributed by atoms with Crippen molar-refractivity contribution >= 4 is 23.7 Å². The number of imide groups is 1. The summed E-state index contributed by atoms with van der Waals surface area (Å²) in [6, 6.07) is 0. The molecule has 0 aromatic rings. The van der Waals surface area contributed by atoms with Gasteiger partial charge >= 0.3 is 5.97 Å². The predicted molar refractivity (Wildman–Crippen MR) is 53.6 cm³/mol. The number of hydrogen-bond donors (Lipinski definition) is 3. The normalized spacial score (nSPS) is 14.3. The summed E-state index contributed by atoms with van der Waals surface area (Å²) in [5, 5.41) is 16.6. The maximum absolute atomic E-state index is 10.2. The molecule has 3 amide bonds. The highest BCUT2D eigenvalue weighted by atomic mass is 16.5. The van der Waals surface area contributed by atoms with Gasteiger partial charge in [-0.1, -0.05) is 0 Å². The van der Waals surface area contributed by atoms with E-state index in [2.05, 4.69) is 0 Å². The Labute approximate surface area is 96.9 Å². The molecule has 1 fully saturated rings. The van der Waals surface area contributed by atoms with Gasteiger partial charge in [0.05, 0.1) is 0 Å². The van der Waals surface area contributed by atoms with Crippen LogP contribution in [0.15, 0.2) is 0 Å². The Morgan fingerprint density at radius 2 is 1.65 bits per heavy atom. The Morgan fingerprint density at radius 1 is 1.18 bits per heavy atom. The molecule has 96 valence electrons. The van der Waals surface area contributed by atoms with Gasteiger partial charge in [0.1, 0.15) is 0 Å². The standard InChI is InChI=1S/C5H9NO3.C4H5NO3/c6-4(7)2-1-3-5(8)9;6-3-1-2-4(7)5(3)8/h1-3H2,(H2,6,7)(H,8,9);8H,1-2H2. The number of primary amides is 1. The van der Waals surface area contributed by atoms with E-state index in [0.29, 0.717) is 6.42 Å². The summed E-state index contributed by atoms with van der Waals surface area (Å²) in [5.41, 5.74) is 4.75. The second kappa shape index (κ2) is 7.34. The molecule has 1 saturated heterocycles. The van der Waals surface area contributed by atoms with Gasteiger partial charge in [0.15, 0.2) is 0 Å². The van der Waals surface area contributed by atoms with Crippen molar-refractivity contribution in [1.82, 2.24) is 5.06 Å². The molecular weight excluding hydrogens is 232 g/mol. The summed E-state index contributed by atoms with van der Waals surface area (Å²) in [5.74, 6) is -2.35. The third-order valence-corrected chi connectivity index (χ3v) is 1.84. The van der Waals surface area contributed by atoms with Gasteiger partial charge in [0, 0.05) is 25.7 Å². The van der Waals surface area contributed by atoms with Crippen molar-refractivity contribution in [1.29, 1.82) is 0 Å². The maximum Gasteiger partial charge on any atom is 0.303 e. The fourth-order valence-corrected chi connectivity index (χ4v) is 0.979. The number of carbonyl (C=O) groups excluding carboxylic acids is 3. The lowest BCUT2D eigenvalue weighted by atomic mass is 10.2. The third-order valence-electron chi connectivity index (χ3n) is 1.84. The number of amides is 3. The fraction of sp³-hybridized carbons (Fsp3) is 0.556. The monoisotopic (exact) mass is 246 g/mol. The van der Waals surface area contributed by atoms with Crippen molar-refractivity contribution in [2.45, 2.75) is 32.1 Å². The zero-order valence-corrected chi connectivity index (χ0v) is 9.09. The number of aliphatic carboxylic acids is 1. The highest BCUT2D eigenvalue weighted by Crippen LogP contribution is 2.07. The van der Waals surface area contributed by atoms with Crippen LogP contribution in [0.1, 0.15) is 32.1 Å². The zero-order valence-electron chi connectivity index (χ0n) is 9.09. The van der Waals surface area contributed by atoms with Crippen LogP contribution < -0.4 is 5.73 Å². The molecule has 0 aliphatic carbocycles. The quantitative estimate of drug-likeness (QED) is 0.440. The van der Waals surface area contributed by atoms with E-state index in [9.17, 15) is 19.2 Å². The largest absolute Gasteiger partial charge is 0.481 e. The van der Waals surface area contributed by atoms with Gasteiger partial charge in [0.2, 0.25) is 5.91 Å². The zero-order chi connectivity index (χ0) is 13.4. The first-order chi connectivity index (χ1) is 7.84. The second-order valence-corrected chi connectivity index (χ2v) is 3.31. The summed E-state index contributed by atoms with van der Waals surface area (Å²) < 4.78 is 0. The Hall–Kier alpha value is -1.96. The topological polar surface area (TPSA) is 138 Å². The Morgan fingerprint density at radius 3 is 1.88 bits per heavy atom. The Balaban J connectivity index is 0.000000302. The van der Waals surface area contributed by atoms with Crippen LogP contribution in [-0.2, 0) is 19.2 Å². The van der Waals surface area contributed by atoms with E-state index in [1.165, 1.54) is 0 Å². The van der Waals surface area contributed by atoms with Crippen LogP contribution in [0.2, 0.25) is 0 Å². The van der Waals surface area contributed by atoms with E-state index in [1.807, 2.05) is 0 Å². The van der Waals surface area contributed by atoms with Crippen LogP contribution in [0.3, 0.4) is 0 Å². The van der Waals surface area contributed by atoms with Crippen LogP contribution in [0, 0.1) is 0 Å². The van der Waals surface area contributed by atoms with Gasteiger partial charge in [-0.2, -0.15) is 5.06 Å². The molecule has 4 N–H and O–H groups in total. The minimum absolute atomic E-state index is 0.0168. The third kappa shape index (κ3) is 7.01. The van der Waals surface area contributed by atoms with E-state index < -0.39 is 23.7 Å². The lowest BCUT2D eigenvalue weighted by Crippen LogP contribution is -2.24. The van der Waals surface area contributed by atoms with Crippen molar-refractivity contribution in [2.24, 2.45) is 5.73 Å². The van der Waals surface area contributed by atoms with E-state index in [-0.39, 0.29) is 30.7 Å². The van der Waals surface area contributed by atoms with Crippen LogP contribution >= 0.6 is 0 Å². The van der Waals surface area contributed by atoms with Gasteiger partial charge in [0.25, 0.3) is 11.8 Å². The van der Waals surface area contributed by atoms with E-state index in [4.69, 9.17) is 16.0 Å². The van der Waals surface area contributed by atoms with Crippen molar-refractivity contribution in [3.63, 3.8) is 0 Å². The lowest BCUT2D eigenvalue weighted by molar-refractivity contribution is -0.171. The number of nitrogens with zero attached hydrogens (tertiary/aromatic N) is 1.